The monoisotopic (exact) mass is 577 g/mol. The Hall–Kier alpha value is -3.14. The van der Waals surface area contributed by atoms with Gasteiger partial charge in [-0.1, -0.05) is 54.0 Å². The van der Waals surface area contributed by atoms with Crippen molar-refractivity contribution < 1.29 is 42.9 Å². The maximum Gasteiger partial charge on any atom is 0.508 e. The Morgan fingerprint density at radius 1 is 0.805 bits per heavy atom. The summed E-state index contributed by atoms with van der Waals surface area (Å²) in [6.07, 6.45) is 3.27. The van der Waals surface area contributed by atoms with Gasteiger partial charge in [0.05, 0.1) is 11.8 Å². The predicted octanol–water partition coefficient (Wildman–Crippen LogP) is 5.37. The van der Waals surface area contributed by atoms with Crippen LogP contribution in [0, 0.1) is 23.7 Å². The molecule has 1 fully saturated rings. The van der Waals surface area contributed by atoms with Crippen LogP contribution in [0.15, 0.2) is 18.2 Å². The average molecular weight is 578 g/mol. The number of rotatable bonds is 13. The molecule has 0 heterocycles. The molecule has 2 N–H and O–H groups in total. The lowest BCUT2D eigenvalue weighted by atomic mass is 9.98. The van der Waals surface area contributed by atoms with Crippen LogP contribution in [-0.4, -0.2) is 48.9 Å². The molecule has 0 amide bonds. The first-order chi connectivity index (χ1) is 19.3. The molecule has 10 heteroatoms. The zero-order valence-corrected chi connectivity index (χ0v) is 25.5. The van der Waals surface area contributed by atoms with E-state index < -0.39 is 42.1 Å². The van der Waals surface area contributed by atoms with Gasteiger partial charge in [-0.2, -0.15) is 0 Å². The topological polar surface area (TPSA) is 140 Å². The van der Waals surface area contributed by atoms with E-state index in [1.807, 2.05) is 27.7 Å². The summed E-state index contributed by atoms with van der Waals surface area (Å²) < 4.78 is 27.0. The number of nitrogens with two attached hydrogens (primary N) is 1. The quantitative estimate of drug-likeness (QED) is 0.240. The van der Waals surface area contributed by atoms with Gasteiger partial charge in [-0.3, -0.25) is 14.4 Å². The SMILES string of the molecule is CC(C)C(C)C(=O)Oc1ccc(C[C@H](N)C(=O)O[C@@H](C)COC(=O)OC2CCCCC2)cc1OC(=O)C(C)C(C)C. The van der Waals surface area contributed by atoms with Gasteiger partial charge in [0, 0.05) is 0 Å². The number of ether oxygens (including phenoxy) is 5. The van der Waals surface area contributed by atoms with Crippen LogP contribution >= 0.6 is 0 Å². The summed E-state index contributed by atoms with van der Waals surface area (Å²) in [5.41, 5.74) is 6.68. The van der Waals surface area contributed by atoms with Crippen molar-refractivity contribution in [2.75, 3.05) is 6.61 Å². The van der Waals surface area contributed by atoms with E-state index in [0.29, 0.717) is 5.56 Å². The Morgan fingerprint density at radius 3 is 1.93 bits per heavy atom. The molecule has 0 spiro atoms. The fourth-order valence-electron chi connectivity index (χ4n) is 3.99. The summed E-state index contributed by atoms with van der Waals surface area (Å²) in [6, 6.07) is 3.66. The Kier molecular flexibility index (Phi) is 13.6. The van der Waals surface area contributed by atoms with Crippen LogP contribution in [0.2, 0.25) is 0 Å². The van der Waals surface area contributed by atoms with Crippen LogP contribution < -0.4 is 15.2 Å². The molecule has 1 saturated carbocycles. The Balaban J connectivity index is 2.01. The van der Waals surface area contributed by atoms with Crippen LogP contribution in [0.5, 0.6) is 11.5 Å². The minimum Gasteiger partial charge on any atom is -0.458 e. The second kappa shape index (κ2) is 16.3. The fourth-order valence-corrected chi connectivity index (χ4v) is 3.99. The normalized spacial score (nSPS) is 16.8. The molecule has 2 unspecified atom stereocenters. The summed E-state index contributed by atoms with van der Waals surface area (Å²) in [4.78, 5) is 49.9. The van der Waals surface area contributed by atoms with Crippen molar-refractivity contribution in [2.45, 2.75) is 105 Å². The molecular weight excluding hydrogens is 530 g/mol. The molecule has 1 aliphatic rings. The standard InChI is InChI=1S/C31H47NO9/c1-18(2)21(6)28(33)40-26-14-13-23(16-27(26)41-29(34)22(7)19(3)4)15-25(32)30(35)38-20(5)17-37-31(36)39-24-11-9-8-10-12-24/h13-14,16,18-22,24-25H,8-12,15,17,32H2,1-7H3/t20-,21?,22?,25-/m0/s1. The van der Waals surface area contributed by atoms with Crippen LogP contribution in [0.4, 0.5) is 4.79 Å². The van der Waals surface area contributed by atoms with Gasteiger partial charge < -0.3 is 29.4 Å². The van der Waals surface area contributed by atoms with Gasteiger partial charge in [-0.15, -0.1) is 0 Å². The Bertz CT molecular complexity index is 1030. The van der Waals surface area contributed by atoms with E-state index in [9.17, 15) is 19.2 Å². The summed E-state index contributed by atoms with van der Waals surface area (Å²) in [7, 11) is 0. The highest BCUT2D eigenvalue weighted by Gasteiger charge is 2.26. The first kappa shape index (κ1) is 34.1. The van der Waals surface area contributed by atoms with Crippen molar-refractivity contribution in [3.63, 3.8) is 0 Å². The molecule has 41 heavy (non-hydrogen) atoms. The highest BCUT2D eigenvalue weighted by atomic mass is 16.7. The van der Waals surface area contributed by atoms with Crippen molar-refractivity contribution >= 4 is 24.1 Å². The maximum atomic E-state index is 12.7. The van der Waals surface area contributed by atoms with E-state index in [2.05, 4.69) is 0 Å². The molecule has 1 aromatic rings. The summed E-state index contributed by atoms with van der Waals surface area (Å²) in [5.74, 6) is -2.06. The lowest BCUT2D eigenvalue weighted by Gasteiger charge is -2.22. The van der Waals surface area contributed by atoms with Gasteiger partial charge in [0.15, 0.2) is 11.5 Å². The second-order valence-corrected chi connectivity index (χ2v) is 11.7. The van der Waals surface area contributed by atoms with Gasteiger partial charge in [0.1, 0.15) is 24.9 Å². The maximum absolute atomic E-state index is 12.7. The molecule has 10 nitrogen and oxygen atoms in total. The summed E-state index contributed by atoms with van der Waals surface area (Å²) in [6.45, 7) is 12.6. The van der Waals surface area contributed by atoms with Gasteiger partial charge in [0.25, 0.3) is 0 Å². The Morgan fingerprint density at radius 2 is 1.37 bits per heavy atom. The highest BCUT2D eigenvalue weighted by Crippen LogP contribution is 2.31. The number of esters is 3. The molecule has 0 radical (unpaired) electrons. The van der Waals surface area contributed by atoms with Gasteiger partial charge in [-0.25, -0.2) is 4.79 Å². The molecule has 0 aromatic heterocycles. The first-order valence-electron chi connectivity index (χ1n) is 14.6. The van der Waals surface area contributed by atoms with Crippen molar-refractivity contribution in [3.05, 3.63) is 23.8 Å². The van der Waals surface area contributed by atoms with Gasteiger partial charge in [0.2, 0.25) is 0 Å². The number of carbonyl (C=O) groups is 4. The van der Waals surface area contributed by atoms with E-state index in [4.69, 9.17) is 29.4 Å². The third-order valence-electron chi connectivity index (χ3n) is 7.50. The first-order valence-corrected chi connectivity index (χ1v) is 14.6. The van der Waals surface area contributed by atoms with Crippen molar-refractivity contribution in [2.24, 2.45) is 29.4 Å². The number of hydrogen-bond donors (Lipinski definition) is 1. The van der Waals surface area contributed by atoms with Crippen LogP contribution in [0.1, 0.15) is 86.1 Å². The van der Waals surface area contributed by atoms with Crippen LogP contribution in [0.3, 0.4) is 0 Å². The van der Waals surface area contributed by atoms with Crippen molar-refractivity contribution in [3.8, 4) is 11.5 Å². The molecule has 2 rings (SSSR count). The molecule has 230 valence electrons. The van der Waals surface area contributed by atoms with E-state index in [1.165, 1.54) is 12.1 Å². The minimum atomic E-state index is -1.04. The van der Waals surface area contributed by atoms with Gasteiger partial charge >= 0.3 is 24.1 Å². The van der Waals surface area contributed by atoms with Crippen molar-refractivity contribution in [1.82, 2.24) is 0 Å². The highest BCUT2D eigenvalue weighted by molar-refractivity contribution is 5.79. The summed E-state index contributed by atoms with van der Waals surface area (Å²) in [5, 5.41) is 0. The van der Waals surface area contributed by atoms with E-state index in [0.717, 1.165) is 32.1 Å². The zero-order chi connectivity index (χ0) is 30.7. The number of benzene rings is 1. The van der Waals surface area contributed by atoms with Crippen molar-refractivity contribution in [1.29, 1.82) is 0 Å². The van der Waals surface area contributed by atoms with Crippen LogP contribution in [-0.2, 0) is 35.0 Å². The number of carbonyl (C=O) groups excluding carboxylic acids is 4. The lowest BCUT2D eigenvalue weighted by molar-refractivity contribution is -0.152. The van der Waals surface area contributed by atoms with E-state index in [1.54, 1.807) is 26.8 Å². The molecular formula is C31H47NO9. The summed E-state index contributed by atoms with van der Waals surface area (Å²) >= 11 is 0. The molecule has 1 aliphatic carbocycles. The zero-order valence-electron chi connectivity index (χ0n) is 25.5. The van der Waals surface area contributed by atoms with Crippen LogP contribution in [0.25, 0.3) is 0 Å². The number of hydrogen-bond acceptors (Lipinski definition) is 10. The molecule has 1 aromatic carbocycles. The smallest absolute Gasteiger partial charge is 0.458 e. The molecule has 0 saturated heterocycles. The second-order valence-electron chi connectivity index (χ2n) is 11.7. The van der Waals surface area contributed by atoms with Gasteiger partial charge in [-0.05, 0) is 68.6 Å². The average Bonchev–Trinajstić information content (AvgIpc) is 2.92. The third-order valence-corrected chi connectivity index (χ3v) is 7.50. The Labute approximate surface area is 243 Å². The minimum absolute atomic E-state index is 0.0425. The van der Waals surface area contributed by atoms with E-state index in [-0.39, 0.29) is 48.4 Å². The van der Waals surface area contributed by atoms with E-state index >= 15 is 0 Å². The largest absolute Gasteiger partial charge is 0.508 e. The molecule has 4 atom stereocenters. The fraction of sp³-hybridized carbons (Fsp3) is 0.677. The predicted molar refractivity (Wildman–Crippen MR) is 152 cm³/mol. The third kappa shape index (κ3) is 11.3. The lowest BCUT2D eigenvalue weighted by Crippen LogP contribution is -2.37. The molecule has 0 aliphatic heterocycles. The molecule has 0 bridgehead atoms.